The molecule has 0 bridgehead atoms. The number of carboxylic acid groups (broad SMARTS) is 1. The van der Waals surface area contributed by atoms with Gasteiger partial charge in [0.25, 0.3) is 5.91 Å². The molecule has 1 aliphatic carbocycles. The van der Waals surface area contributed by atoms with Crippen molar-refractivity contribution in [3.05, 3.63) is 92.9 Å². The summed E-state index contributed by atoms with van der Waals surface area (Å²) in [5.74, 6) is -2.47. The van der Waals surface area contributed by atoms with Crippen molar-refractivity contribution in [2.45, 2.75) is 65.1 Å². The molecule has 2 aromatic heterocycles. The average Bonchev–Trinajstić information content (AvgIpc) is 3.60. The normalized spacial score (nSPS) is 14.2. The largest absolute Gasteiger partial charge is 0.573 e. The van der Waals surface area contributed by atoms with Gasteiger partial charge in [-0.15, -0.1) is 13.2 Å². The summed E-state index contributed by atoms with van der Waals surface area (Å²) >= 11 is 5.49. The Morgan fingerprint density at radius 3 is 2.48 bits per heavy atom. The van der Waals surface area contributed by atoms with Crippen LogP contribution >= 0.6 is 11.6 Å². The van der Waals surface area contributed by atoms with Crippen LogP contribution in [-0.2, 0) is 17.7 Å². The second-order valence-corrected chi connectivity index (χ2v) is 11.7. The van der Waals surface area contributed by atoms with Crippen LogP contribution < -0.4 is 15.8 Å². The molecule has 0 saturated heterocycles. The molecule has 5 rings (SSSR count). The third-order valence-corrected chi connectivity index (χ3v) is 7.20. The molecule has 0 saturated carbocycles. The highest BCUT2D eigenvalue weighted by molar-refractivity contribution is 6.32. The van der Waals surface area contributed by atoms with Gasteiger partial charge in [0.1, 0.15) is 17.0 Å². The van der Waals surface area contributed by atoms with Crippen molar-refractivity contribution in [1.82, 2.24) is 19.9 Å². The highest BCUT2D eigenvalue weighted by Crippen LogP contribution is 2.35. The molecule has 2 aromatic carbocycles. The Hall–Kier alpha value is -4.69. The monoisotopic (exact) mass is 661 g/mol. The van der Waals surface area contributed by atoms with Crippen LogP contribution in [0.25, 0.3) is 5.65 Å². The number of fused-ring (bicyclic) bond motifs is 2. The Bertz CT molecular complexity index is 1800. The van der Waals surface area contributed by atoms with E-state index in [1.54, 1.807) is 6.07 Å². The van der Waals surface area contributed by atoms with Gasteiger partial charge >= 0.3 is 18.3 Å². The minimum absolute atomic E-state index is 0.0907. The first-order valence-electron chi connectivity index (χ1n) is 14.0. The van der Waals surface area contributed by atoms with Crippen LogP contribution in [0.2, 0.25) is 5.02 Å². The fourth-order valence-electron chi connectivity index (χ4n) is 4.88. The van der Waals surface area contributed by atoms with Crippen LogP contribution in [-0.4, -0.2) is 49.5 Å². The highest BCUT2D eigenvalue weighted by Gasteiger charge is 2.32. The molecule has 11 nitrogen and oxygen atoms in total. The molecule has 0 spiro atoms. The lowest BCUT2D eigenvalue weighted by Crippen LogP contribution is -2.29. The molecule has 4 aromatic rings. The molecular formula is C31H31ClF3N5O6. The maximum absolute atomic E-state index is 13.0. The standard InChI is InChI=1S/C23H24N4O5.C8H7ClF3NO/c1-12-13-7-8-16(15(13)6-5-14(12)22(31)32-23(2,3)4)26-20(28)18-11-17(21(29)30)25-19-9-10-24-27(18)19;9-6-2-1-5(4-13)3-7(6)14-8(10,11)12/h5-6,9-11,16H,7-8H2,1-4H3,(H,26,28)(H,29,30);1-3H,4,13H2/t16-;/m0./s1. The van der Waals surface area contributed by atoms with Gasteiger partial charge in [-0.05, 0) is 81.0 Å². The number of carbonyl (C=O) groups is 3. The molecule has 46 heavy (non-hydrogen) atoms. The summed E-state index contributed by atoms with van der Waals surface area (Å²) < 4.78 is 46.0. The molecule has 4 N–H and O–H groups in total. The Balaban J connectivity index is 0.000000288. The predicted molar refractivity (Wildman–Crippen MR) is 161 cm³/mol. The first-order chi connectivity index (χ1) is 21.5. The molecule has 0 radical (unpaired) electrons. The molecular weight excluding hydrogens is 631 g/mol. The topological polar surface area (TPSA) is 158 Å². The van der Waals surface area contributed by atoms with Crippen LogP contribution in [0.4, 0.5) is 13.2 Å². The van der Waals surface area contributed by atoms with E-state index in [-0.39, 0.29) is 40.6 Å². The van der Waals surface area contributed by atoms with Crippen LogP contribution in [0.1, 0.15) is 86.8 Å². The van der Waals surface area contributed by atoms with Crippen molar-refractivity contribution >= 4 is 35.1 Å². The number of alkyl halides is 3. The van der Waals surface area contributed by atoms with Crippen LogP contribution in [0, 0.1) is 6.92 Å². The number of hydrogen-bond donors (Lipinski definition) is 3. The molecule has 0 fully saturated rings. The van der Waals surface area contributed by atoms with Gasteiger partial charge in [-0.25, -0.2) is 19.1 Å². The number of nitrogens with zero attached hydrogens (tertiary/aromatic N) is 3. The number of halogens is 4. The van der Waals surface area contributed by atoms with Gasteiger partial charge in [-0.3, -0.25) is 4.79 Å². The Morgan fingerprint density at radius 2 is 1.85 bits per heavy atom. The summed E-state index contributed by atoms with van der Waals surface area (Å²) in [6.07, 6.45) is -1.91. The van der Waals surface area contributed by atoms with Gasteiger partial charge in [0.05, 0.1) is 22.8 Å². The van der Waals surface area contributed by atoms with E-state index in [1.165, 1.54) is 35.0 Å². The van der Waals surface area contributed by atoms with Crippen LogP contribution in [0.3, 0.4) is 0 Å². The number of amides is 1. The van der Waals surface area contributed by atoms with E-state index in [2.05, 4.69) is 20.1 Å². The van der Waals surface area contributed by atoms with Gasteiger partial charge in [-0.1, -0.05) is 23.7 Å². The zero-order valence-corrected chi connectivity index (χ0v) is 26.0. The fraction of sp³-hybridized carbons (Fsp3) is 0.323. The van der Waals surface area contributed by atoms with Crippen LogP contribution in [0.5, 0.6) is 5.75 Å². The first kappa shape index (κ1) is 34.2. The molecule has 0 aliphatic heterocycles. The maximum atomic E-state index is 13.0. The number of carbonyl (C=O) groups excluding carboxylic acids is 2. The summed E-state index contributed by atoms with van der Waals surface area (Å²) in [5, 5.41) is 16.3. The van der Waals surface area contributed by atoms with E-state index in [0.717, 1.165) is 22.8 Å². The number of hydrogen-bond acceptors (Lipinski definition) is 8. The van der Waals surface area contributed by atoms with Crippen molar-refractivity contribution < 1.29 is 42.1 Å². The van der Waals surface area contributed by atoms with E-state index in [4.69, 9.17) is 22.1 Å². The zero-order chi connectivity index (χ0) is 34.0. The SMILES string of the molecule is Cc1c(C(=O)OC(C)(C)C)ccc2c1CC[C@@H]2NC(=O)c1cc(C(=O)O)nc2ccnn12.NCc1ccc(Cl)c(OC(F)(F)F)c1. The third kappa shape index (κ3) is 8.12. The quantitative estimate of drug-likeness (QED) is 0.217. The number of ether oxygens (including phenoxy) is 2. The number of aromatic carboxylic acids is 1. The van der Waals surface area contributed by atoms with Crippen molar-refractivity contribution in [3.63, 3.8) is 0 Å². The van der Waals surface area contributed by atoms with Crippen LogP contribution in [0.15, 0.2) is 48.7 Å². The lowest BCUT2D eigenvalue weighted by Gasteiger charge is -2.21. The minimum Gasteiger partial charge on any atom is -0.477 e. The third-order valence-electron chi connectivity index (χ3n) is 6.89. The Kier molecular flexibility index (Phi) is 9.92. The average molecular weight is 662 g/mol. The molecule has 2 heterocycles. The van der Waals surface area contributed by atoms with E-state index in [1.807, 2.05) is 33.8 Å². The molecule has 15 heteroatoms. The molecule has 244 valence electrons. The predicted octanol–water partition coefficient (Wildman–Crippen LogP) is 5.81. The van der Waals surface area contributed by atoms with Gasteiger partial charge in [-0.2, -0.15) is 5.10 Å². The van der Waals surface area contributed by atoms with Gasteiger partial charge in [0.15, 0.2) is 11.3 Å². The number of nitrogens with two attached hydrogens (primary N) is 1. The zero-order valence-electron chi connectivity index (χ0n) is 25.2. The summed E-state index contributed by atoms with van der Waals surface area (Å²) in [7, 11) is 0. The van der Waals surface area contributed by atoms with E-state index in [0.29, 0.717) is 24.0 Å². The molecule has 0 unspecified atom stereocenters. The molecule has 1 amide bonds. The lowest BCUT2D eigenvalue weighted by atomic mass is 9.97. The van der Waals surface area contributed by atoms with Gasteiger partial charge in [0.2, 0.25) is 0 Å². The van der Waals surface area contributed by atoms with E-state index in [9.17, 15) is 32.7 Å². The number of nitrogens with one attached hydrogen (secondary N) is 1. The van der Waals surface area contributed by atoms with E-state index < -0.39 is 29.6 Å². The highest BCUT2D eigenvalue weighted by atomic mass is 35.5. The lowest BCUT2D eigenvalue weighted by molar-refractivity contribution is -0.274. The van der Waals surface area contributed by atoms with Crippen molar-refractivity contribution in [2.24, 2.45) is 5.73 Å². The molecule has 1 atom stereocenters. The van der Waals surface area contributed by atoms with Crippen molar-refractivity contribution in [1.29, 1.82) is 0 Å². The summed E-state index contributed by atoms with van der Waals surface area (Å²) in [6.45, 7) is 7.49. The van der Waals surface area contributed by atoms with Gasteiger partial charge in [0, 0.05) is 18.7 Å². The summed E-state index contributed by atoms with van der Waals surface area (Å²) in [6, 6.07) is 10.1. The Labute approximate surface area is 266 Å². The summed E-state index contributed by atoms with van der Waals surface area (Å²) in [4.78, 5) is 41.0. The van der Waals surface area contributed by atoms with Crippen molar-refractivity contribution in [3.8, 4) is 5.75 Å². The second-order valence-electron chi connectivity index (χ2n) is 11.3. The number of benzene rings is 2. The van der Waals surface area contributed by atoms with Crippen molar-refractivity contribution in [2.75, 3.05) is 0 Å². The van der Waals surface area contributed by atoms with Gasteiger partial charge < -0.3 is 25.6 Å². The number of carboxylic acids is 1. The maximum Gasteiger partial charge on any atom is 0.573 e. The minimum atomic E-state index is -4.74. The fourth-order valence-corrected chi connectivity index (χ4v) is 5.03. The van der Waals surface area contributed by atoms with E-state index >= 15 is 0 Å². The smallest absolute Gasteiger partial charge is 0.477 e. The number of rotatable bonds is 6. The number of esters is 1. The number of aromatic nitrogens is 3. The Morgan fingerprint density at radius 1 is 1.13 bits per heavy atom. The molecule has 1 aliphatic rings. The summed E-state index contributed by atoms with van der Waals surface area (Å²) in [5.41, 5.74) is 8.65. The second kappa shape index (κ2) is 13.3. The first-order valence-corrected chi connectivity index (χ1v) is 14.3.